The highest BCUT2D eigenvalue weighted by molar-refractivity contribution is 7.32. The fourth-order valence-electron chi connectivity index (χ4n) is 9.92. The van der Waals surface area contributed by atoms with Crippen molar-refractivity contribution in [3.8, 4) is 0 Å². The van der Waals surface area contributed by atoms with Gasteiger partial charge in [0.15, 0.2) is 17.2 Å². The van der Waals surface area contributed by atoms with E-state index in [1.54, 1.807) is 12.2 Å². The second-order valence-electron chi connectivity index (χ2n) is 14.3. The van der Waals surface area contributed by atoms with Crippen LogP contribution in [-0.4, -0.2) is 55.7 Å². The molecule has 4 fully saturated rings. The summed E-state index contributed by atoms with van der Waals surface area (Å²) < 4.78 is 32.0. The van der Waals surface area contributed by atoms with Crippen molar-refractivity contribution in [2.45, 2.75) is 76.7 Å². The third-order valence-corrected chi connectivity index (χ3v) is 12.3. The zero-order chi connectivity index (χ0) is 32.6. The molecule has 1 aromatic carbocycles. The molecule has 0 amide bonds. The highest BCUT2D eigenvalue weighted by atomic mass is 31.1. The van der Waals surface area contributed by atoms with Gasteiger partial charge >= 0.3 is 8.25 Å². The summed E-state index contributed by atoms with van der Waals surface area (Å²) in [6.07, 6.45) is 7.95. The van der Waals surface area contributed by atoms with E-state index in [2.05, 4.69) is 6.92 Å². The molecule has 1 aromatic heterocycles. The topological polar surface area (TPSA) is 145 Å². The van der Waals surface area contributed by atoms with E-state index in [-0.39, 0.29) is 36.6 Å². The third kappa shape index (κ3) is 4.80. The molecule has 4 aliphatic carbocycles. The minimum absolute atomic E-state index is 0.0121. The molecule has 3 saturated carbocycles. The Hall–Kier alpha value is -2.69. The Labute approximate surface area is 269 Å². The molecule has 1 aliphatic heterocycles. The second kappa shape index (κ2) is 11.5. The van der Waals surface area contributed by atoms with Crippen molar-refractivity contribution >= 4 is 19.8 Å². The molecule has 246 valence electrons. The number of benzene rings is 1. The molecule has 3 N–H and O–H groups in total. The van der Waals surface area contributed by atoms with Gasteiger partial charge in [-0.15, -0.1) is 0 Å². The molecule has 2 heterocycles. The average molecular weight is 652 g/mol. The summed E-state index contributed by atoms with van der Waals surface area (Å²) in [5.41, 5.74) is 1.95. The van der Waals surface area contributed by atoms with Gasteiger partial charge in [0.1, 0.15) is 6.61 Å². The van der Waals surface area contributed by atoms with Crippen molar-refractivity contribution in [2.24, 2.45) is 35.6 Å². The molecular weight excluding hydrogens is 609 g/mol. The van der Waals surface area contributed by atoms with E-state index in [9.17, 15) is 29.3 Å². The zero-order valence-corrected chi connectivity index (χ0v) is 27.3. The van der Waals surface area contributed by atoms with Crippen LogP contribution in [0.2, 0.25) is 0 Å². The van der Waals surface area contributed by atoms with Crippen LogP contribution in [0.3, 0.4) is 0 Å². The number of fused-ring (bicyclic) bond motifs is 7. The molecular formula is C35H42NO9P. The molecule has 0 radical (unpaired) electrons. The van der Waals surface area contributed by atoms with Gasteiger partial charge < -0.3 is 33.7 Å². The van der Waals surface area contributed by atoms with Crippen LogP contribution >= 0.6 is 8.25 Å². The number of aliphatic hydroxyl groups is 2. The van der Waals surface area contributed by atoms with Gasteiger partial charge in [-0.2, -0.15) is 0 Å². The Morgan fingerprint density at radius 3 is 2.63 bits per heavy atom. The van der Waals surface area contributed by atoms with E-state index in [0.29, 0.717) is 12.8 Å². The van der Waals surface area contributed by atoms with Gasteiger partial charge in [0.2, 0.25) is 6.29 Å². The molecule has 2 aromatic rings. The number of ether oxygens (including phenoxy) is 2. The lowest BCUT2D eigenvalue weighted by Crippen LogP contribution is -2.63. The van der Waals surface area contributed by atoms with Crippen molar-refractivity contribution < 1.29 is 43.3 Å². The third-order valence-electron chi connectivity index (χ3n) is 11.9. The summed E-state index contributed by atoms with van der Waals surface area (Å²) in [6, 6.07) is 9.77. The van der Waals surface area contributed by atoms with Crippen molar-refractivity contribution in [3.05, 3.63) is 82.7 Å². The number of carbonyl (C=O) groups excluding carboxylic acids is 2. The van der Waals surface area contributed by atoms with E-state index in [1.807, 2.05) is 61.1 Å². The molecule has 11 heteroatoms. The van der Waals surface area contributed by atoms with Gasteiger partial charge in [0.25, 0.3) is 0 Å². The van der Waals surface area contributed by atoms with Crippen LogP contribution in [-0.2, 0) is 48.2 Å². The molecule has 0 spiro atoms. The van der Waals surface area contributed by atoms with E-state index in [1.165, 1.54) is 0 Å². The van der Waals surface area contributed by atoms with Gasteiger partial charge in [-0.1, -0.05) is 49.8 Å². The first kappa shape index (κ1) is 31.9. The van der Waals surface area contributed by atoms with Gasteiger partial charge in [-0.05, 0) is 78.8 Å². The minimum Gasteiger partial charge on any atom is -0.393 e. The second-order valence-corrected chi connectivity index (χ2v) is 15.1. The number of aliphatic hydroxyl groups excluding tert-OH is 2. The summed E-state index contributed by atoms with van der Waals surface area (Å²) in [4.78, 5) is 35.9. The van der Waals surface area contributed by atoms with E-state index in [0.717, 1.165) is 40.8 Å². The Morgan fingerprint density at radius 2 is 1.91 bits per heavy atom. The SMILES string of the molecule is Cn1cc(Cc2ccc(CO)cc2)cc1[C@@H]1O[C@@H]2C[C@H]3[C@@H]4CCC5=CC(=O)C=C[C@]5(C)[C@H]4[C@@H](O)C[C@]3(C)[C@]2(C(=O)CO[PH](=O)O)O1. The molecule has 0 bridgehead atoms. The summed E-state index contributed by atoms with van der Waals surface area (Å²) >= 11 is 0. The highest BCUT2D eigenvalue weighted by Gasteiger charge is 2.76. The van der Waals surface area contributed by atoms with Gasteiger partial charge in [-0.25, -0.2) is 0 Å². The Morgan fingerprint density at radius 1 is 1.17 bits per heavy atom. The standard InChI is InChI=1S/C35H42NO9P/c1-33-11-10-24(38)14-23(33)8-9-25-26-15-30-35(29(40)19-43-46(41)42,34(26,2)16-28(39)31(25)33)45-32(44-30)27-13-22(17-36(27)3)12-20-4-6-21(18-37)7-5-20/h4-7,10-11,13-14,17,25-26,28,30-32,37,39,46H,8-9,12,15-16,18-19H2,1-3H3,(H,41,42)/t25-,26-,28-,30+,31+,32+,33-,34-,35+/m0/s1. The van der Waals surface area contributed by atoms with Crippen molar-refractivity contribution in [1.82, 2.24) is 4.57 Å². The Kier molecular flexibility index (Phi) is 7.96. The van der Waals surface area contributed by atoms with Gasteiger partial charge in [0, 0.05) is 30.0 Å². The fraction of sp³-hybridized carbons (Fsp3) is 0.543. The first-order valence-corrected chi connectivity index (χ1v) is 17.3. The molecule has 1 unspecified atom stereocenters. The number of hydrogen-bond donors (Lipinski definition) is 3. The summed E-state index contributed by atoms with van der Waals surface area (Å²) in [7, 11) is -1.47. The molecule has 10 nitrogen and oxygen atoms in total. The Bertz CT molecular complexity index is 1650. The van der Waals surface area contributed by atoms with Crippen molar-refractivity contribution in [1.29, 1.82) is 0 Å². The fourth-order valence-corrected chi connectivity index (χ4v) is 10.2. The summed E-state index contributed by atoms with van der Waals surface area (Å²) in [5, 5.41) is 21.3. The predicted molar refractivity (Wildman–Crippen MR) is 168 cm³/mol. The number of Topliss-reactive ketones (excluding diaryl/α,β-unsaturated/α-hetero) is 1. The normalized spacial score (nSPS) is 38.5. The number of rotatable bonds is 8. The summed E-state index contributed by atoms with van der Waals surface area (Å²) in [5.74, 6) is -0.597. The van der Waals surface area contributed by atoms with Crippen LogP contribution in [0.15, 0.2) is 60.3 Å². The average Bonchev–Trinajstić information content (AvgIpc) is 3.65. The maximum absolute atomic E-state index is 14.2. The van der Waals surface area contributed by atoms with E-state index >= 15 is 0 Å². The Balaban J connectivity index is 1.21. The van der Waals surface area contributed by atoms with Crippen LogP contribution in [0.25, 0.3) is 0 Å². The number of carbonyl (C=O) groups is 2. The highest BCUT2D eigenvalue weighted by Crippen LogP contribution is 2.70. The van der Waals surface area contributed by atoms with Crippen LogP contribution in [0.5, 0.6) is 0 Å². The van der Waals surface area contributed by atoms with E-state index in [4.69, 9.17) is 14.0 Å². The molecule has 1 saturated heterocycles. The number of allylic oxidation sites excluding steroid dienone is 4. The monoisotopic (exact) mass is 651 g/mol. The lowest BCUT2D eigenvalue weighted by Gasteiger charge is -2.59. The van der Waals surface area contributed by atoms with Gasteiger partial charge in [-0.3, -0.25) is 14.2 Å². The van der Waals surface area contributed by atoms with Crippen molar-refractivity contribution in [3.63, 3.8) is 0 Å². The lowest BCUT2D eigenvalue weighted by molar-refractivity contribution is -0.201. The quantitative estimate of drug-likeness (QED) is 0.359. The van der Waals surface area contributed by atoms with Crippen LogP contribution in [0.4, 0.5) is 0 Å². The zero-order valence-electron chi connectivity index (χ0n) is 26.3. The van der Waals surface area contributed by atoms with Crippen molar-refractivity contribution in [2.75, 3.05) is 6.61 Å². The number of aromatic nitrogens is 1. The number of hydrogen-bond acceptors (Lipinski definition) is 8. The smallest absolute Gasteiger partial charge is 0.317 e. The van der Waals surface area contributed by atoms with Gasteiger partial charge in [0.05, 0.1) is 24.5 Å². The largest absolute Gasteiger partial charge is 0.393 e. The van der Waals surface area contributed by atoms with Crippen LogP contribution in [0.1, 0.15) is 68.2 Å². The lowest BCUT2D eigenvalue weighted by atomic mass is 9.46. The maximum Gasteiger partial charge on any atom is 0.317 e. The molecule has 46 heavy (non-hydrogen) atoms. The predicted octanol–water partition coefficient (Wildman–Crippen LogP) is 4.12. The molecule has 7 rings (SSSR count). The summed E-state index contributed by atoms with van der Waals surface area (Å²) in [6.45, 7) is 3.50. The molecule has 5 aliphatic rings. The first-order valence-electron chi connectivity index (χ1n) is 16.1. The number of nitrogens with zero attached hydrogens (tertiary/aromatic N) is 1. The van der Waals surface area contributed by atoms with Crippen LogP contribution < -0.4 is 0 Å². The van der Waals surface area contributed by atoms with Crippen LogP contribution in [0, 0.1) is 28.6 Å². The van der Waals surface area contributed by atoms with E-state index < -0.39 is 55.6 Å². The maximum atomic E-state index is 14.2. The number of ketones is 2. The minimum atomic E-state index is -3.37. The molecule has 10 atom stereocenters. The number of aryl methyl sites for hydroxylation is 1. The first-order chi connectivity index (χ1) is 21.9.